The molecule has 0 radical (unpaired) electrons. The molecule has 102 valence electrons. The Morgan fingerprint density at radius 3 is 2.44 bits per heavy atom. The Kier molecular flexibility index (Phi) is 9.71. The van der Waals surface area contributed by atoms with E-state index in [4.69, 9.17) is 9.47 Å². The largest absolute Gasteiger partial charge is 0.377 e. The first kappa shape index (κ1) is 16.5. The van der Waals surface area contributed by atoms with Gasteiger partial charge in [0.15, 0.2) is 5.78 Å². The molecule has 0 aliphatic heterocycles. The molecule has 0 fully saturated rings. The molecule has 6 nitrogen and oxygen atoms in total. The second-order valence-corrected chi connectivity index (χ2v) is 3.62. The lowest BCUT2D eigenvalue weighted by molar-refractivity contribution is -0.126. The Balaban J connectivity index is 3.48. The van der Waals surface area contributed by atoms with E-state index < -0.39 is 0 Å². The average Bonchev–Trinajstić information content (AvgIpc) is 2.34. The molecule has 0 aromatic heterocycles. The number of amides is 1. The minimum absolute atomic E-state index is 0.0257. The van der Waals surface area contributed by atoms with Gasteiger partial charge in [0.1, 0.15) is 12.9 Å². The van der Waals surface area contributed by atoms with Crippen LogP contribution in [0.25, 0.3) is 0 Å². The molecule has 18 heavy (non-hydrogen) atoms. The van der Waals surface area contributed by atoms with Crippen LogP contribution in [0.1, 0.15) is 6.92 Å². The van der Waals surface area contributed by atoms with E-state index in [2.05, 4.69) is 0 Å². The monoisotopic (exact) mass is 257 g/mol. The molecule has 0 rings (SSSR count). The summed E-state index contributed by atoms with van der Waals surface area (Å²) in [6, 6.07) is 0. The number of ether oxygens (including phenoxy) is 2. The number of aldehydes is 1. The number of hydrogen-bond donors (Lipinski definition) is 0. The van der Waals surface area contributed by atoms with E-state index in [0.29, 0.717) is 32.7 Å². The average molecular weight is 257 g/mol. The Hall–Kier alpha value is -1.53. The zero-order valence-electron chi connectivity index (χ0n) is 10.8. The third-order valence-corrected chi connectivity index (χ3v) is 1.94. The summed E-state index contributed by atoms with van der Waals surface area (Å²) in [6.07, 6.45) is 2.90. The summed E-state index contributed by atoms with van der Waals surface area (Å²) in [6.45, 7) is 3.07. The van der Waals surface area contributed by atoms with Crippen LogP contribution in [0.4, 0.5) is 0 Å². The first-order valence-electron chi connectivity index (χ1n) is 5.59. The van der Waals surface area contributed by atoms with Gasteiger partial charge in [-0.3, -0.25) is 14.4 Å². The van der Waals surface area contributed by atoms with Crippen LogP contribution in [0, 0.1) is 0 Å². The van der Waals surface area contributed by atoms with E-state index in [-0.39, 0.29) is 18.3 Å². The summed E-state index contributed by atoms with van der Waals surface area (Å²) in [5, 5.41) is 0. The number of Topliss-reactive ketones (excluding diaryl/α,β-unsaturated/α-hetero) is 1. The molecule has 0 N–H and O–H groups in total. The molecule has 0 saturated carbocycles. The van der Waals surface area contributed by atoms with E-state index in [1.165, 1.54) is 17.9 Å². The van der Waals surface area contributed by atoms with Gasteiger partial charge in [-0.25, -0.2) is 0 Å². The number of carbonyl (C=O) groups excluding carboxylic acids is 3. The molecular weight excluding hydrogens is 238 g/mol. The number of ketones is 1. The van der Waals surface area contributed by atoms with Gasteiger partial charge >= 0.3 is 0 Å². The SMILES string of the molecule is CC(=O)COCCOCCN(C)C(=O)/C=C\C=O. The van der Waals surface area contributed by atoms with Crippen molar-refractivity contribution in [3.63, 3.8) is 0 Å². The molecule has 0 unspecified atom stereocenters. The van der Waals surface area contributed by atoms with Crippen molar-refractivity contribution in [2.45, 2.75) is 6.92 Å². The van der Waals surface area contributed by atoms with Crippen LogP contribution < -0.4 is 0 Å². The van der Waals surface area contributed by atoms with Gasteiger partial charge in [-0.05, 0) is 13.0 Å². The van der Waals surface area contributed by atoms with Crippen molar-refractivity contribution in [1.82, 2.24) is 4.90 Å². The highest BCUT2D eigenvalue weighted by Gasteiger charge is 2.03. The number of allylic oxidation sites excluding steroid dienone is 1. The van der Waals surface area contributed by atoms with Crippen LogP contribution in [-0.4, -0.2) is 62.9 Å². The Morgan fingerprint density at radius 1 is 1.17 bits per heavy atom. The van der Waals surface area contributed by atoms with E-state index in [1.807, 2.05) is 0 Å². The first-order valence-corrected chi connectivity index (χ1v) is 5.59. The van der Waals surface area contributed by atoms with Crippen LogP contribution in [0.2, 0.25) is 0 Å². The van der Waals surface area contributed by atoms with Gasteiger partial charge in [-0.15, -0.1) is 0 Å². The van der Waals surface area contributed by atoms with E-state index in [9.17, 15) is 14.4 Å². The number of hydrogen-bond acceptors (Lipinski definition) is 5. The molecule has 1 amide bonds. The van der Waals surface area contributed by atoms with Crippen molar-refractivity contribution in [3.05, 3.63) is 12.2 Å². The van der Waals surface area contributed by atoms with E-state index in [0.717, 1.165) is 6.08 Å². The zero-order valence-corrected chi connectivity index (χ0v) is 10.8. The fourth-order valence-electron chi connectivity index (χ4n) is 0.996. The maximum absolute atomic E-state index is 11.3. The molecule has 0 aliphatic rings. The van der Waals surface area contributed by atoms with Crippen LogP contribution in [0.5, 0.6) is 0 Å². The summed E-state index contributed by atoms with van der Waals surface area (Å²) < 4.78 is 10.2. The number of nitrogens with zero attached hydrogens (tertiary/aromatic N) is 1. The van der Waals surface area contributed by atoms with Gasteiger partial charge in [-0.2, -0.15) is 0 Å². The molecule has 0 spiro atoms. The fraction of sp³-hybridized carbons (Fsp3) is 0.583. The topological polar surface area (TPSA) is 72.9 Å². The fourth-order valence-corrected chi connectivity index (χ4v) is 0.996. The lowest BCUT2D eigenvalue weighted by Gasteiger charge is -2.14. The van der Waals surface area contributed by atoms with Gasteiger partial charge in [-0.1, -0.05) is 0 Å². The molecule has 0 aromatic rings. The summed E-state index contributed by atoms with van der Waals surface area (Å²) in [5.74, 6) is -0.277. The predicted octanol–water partition coefficient (Wildman–Crippen LogP) is -0.178. The second-order valence-electron chi connectivity index (χ2n) is 3.62. The Morgan fingerprint density at radius 2 is 1.83 bits per heavy atom. The van der Waals surface area contributed by atoms with Gasteiger partial charge in [0.25, 0.3) is 0 Å². The summed E-state index contributed by atoms with van der Waals surface area (Å²) in [4.78, 5) is 33.3. The molecular formula is C12H19NO5. The van der Waals surface area contributed by atoms with Crippen LogP contribution in [0.15, 0.2) is 12.2 Å². The van der Waals surface area contributed by atoms with Crippen molar-refractivity contribution in [1.29, 1.82) is 0 Å². The Bertz CT molecular complexity index is 301. The maximum atomic E-state index is 11.3. The van der Waals surface area contributed by atoms with Crippen molar-refractivity contribution in [2.24, 2.45) is 0 Å². The number of carbonyl (C=O) groups is 3. The van der Waals surface area contributed by atoms with Crippen molar-refractivity contribution >= 4 is 18.0 Å². The lowest BCUT2D eigenvalue weighted by Crippen LogP contribution is -2.29. The van der Waals surface area contributed by atoms with E-state index >= 15 is 0 Å². The summed E-state index contributed by atoms with van der Waals surface area (Å²) >= 11 is 0. The van der Waals surface area contributed by atoms with Crippen LogP contribution >= 0.6 is 0 Å². The molecule has 0 heterocycles. The normalized spacial score (nSPS) is 10.6. The van der Waals surface area contributed by atoms with Gasteiger partial charge in [0.2, 0.25) is 5.91 Å². The molecule has 0 aliphatic carbocycles. The molecule has 0 bridgehead atoms. The molecule has 0 atom stereocenters. The van der Waals surface area contributed by atoms with E-state index in [1.54, 1.807) is 7.05 Å². The van der Waals surface area contributed by atoms with Crippen LogP contribution in [-0.2, 0) is 23.9 Å². The highest BCUT2D eigenvalue weighted by atomic mass is 16.5. The van der Waals surface area contributed by atoms with Gasteiger partial charge in [0.05, 0.1) is 19.8 Å². The summed E-state index contributed by atoms with van der Waals surface area (Å²) in [7, 11) is 1.62. The maximum Gasteiger partial charge on any atom is 0.246 e. The third-order valence-electron chi connectivity index (χ3n) is 1.94. The zero-order chi connectivity index (χ0) is 13.8. The van der Waals surface area contributed by atoms with Crippen molar-refractivity contribution in [3.8, 4) is 0 Å². The van der Waals surface area contributed by atoms with Crippen molar-refractivity contribution in [2.75, 3.05) is 40.0 Å². The minimum Gasteiger partial charge on any atom is -0.377 e. The third kappa shape index (κ3) is 9.68. The Labute approximate surface area is 107 Å². The highest BCUT2D eigenvalue weighted by molar-refractivity contribution is 5.90. The summed E-state index contributed by atoms with van der Waals surface area (Å²) in [5.41, 5.74) is 0. The highest BCUT2D eigenvalue weighted by Crippen LogP contribution is 1.88. The quantitative estimate of drug-likeness (QED) is 0.308. The number of rotatable bonds is 10. The predicted molar refractivity (Wildman–Crippen MR) is 65.2 cm³/mol. The molecule has 0 saturated heterocycles. The van der Waals surface area contributed by atoms with Gasteiger partial charge < -0.3 is 14.4 Å². The molecule has 6 heteroatoms. The first-order chi connectivity index (χ1) is 8.57. The minimum atomic E-state index is -0.251. The van der Waals surface area contributed by atoms with Gasteiger partial charge in [0, 0.05) is 19.7 Å². The lowest BCUT2D eigenvalue weighted by atomic mass is 10.4. The number of likely N-dealkylation sites (N-methyl/N-ethyl adjacent to an activating group) is 1. The second kappa shape index (κ2) is 10.6. The van der Waals surface area contributed by atoms with Crippen molar-refractivity contribution < 1.29 is 23.9 Å². The molecule has 0 aromatic carbocycles. The standard InChI is InChI=1S/C12H19NO5/c1-11(15)10-18-9-8-17-7-5-13(2)12(16)4-3-6-14/h3-4,6H,5,7-10H2,1-2H3/b4-3-. The smallest absolute Gasteiger partial charge is 0.246 e. The van der Waals surface area contributed by atoms with Crippen LogP contribution in [0.3, 0.4) is 0 Å².